The third-order valence-electron chi connectivity index (χ3n) is 4.02. The number of aromatic nitrogens is 2. The normalized spacial score (nSPS) is 14.1. The lowest BCUT2D eigenvalue weighted by Crippen LogP contribution is -2.16. The maximum atomic E-state index is 4.82. The van der Waals surface area contributed by atoms with Gasteiger partial charge in [0.15, 0.2) is 0 Å². The van der Waals surface area contributed by atoms with Gasteiger partial charge in [0.1, 0.15) is 17.5 Å². The molecule has 1 heterocycles. The van der Waals surface area contributed by atoms with Gasteiger partial charge in [0, 0.05) is 31.3 Å². The molecule has 1 aliphatic carbocycles. The molecule has 0 radical (unpaired) electrons. The van der Waals surface area contributed by atoms with E-state index in [-0.39, 0.29) is 0 Å². The van der Waals surface area contributed by atoms with Gasteiger partial charge in [-0.3, -0.25) is 0 Å². The molecule has 1 saturated carbocycles. The summed E-state index contributed by atoms with van der Waals surface area (Å²) in [7, 11) is 3.99. The van der Waals surface area contributed by atoms with Crippen LogP contribution in [0, 0.1) is 13.8 Å². The van der Waals surface area contributed by atoms with E-state index in [2.05, 4.69) is 60.4 Å². The zero-order valence-corrected chi connectivity index (χ0v) is 13.1. The molecule has 4 heteroatoms. The molecule has 110 valence electrons. The topological polar surface area (TPSA) is 41.1 Å². The number of benzene rings is 1. The van der Waals surface area contributed by atoms with Crippen molar-refractivity contribution in [1.82, 2.24) is 9.97 Å². The predicted octanol–water partition coefficient (Wildman–Crippen LogP) is 3.78. The van der Waals surface area contributed by atoms with Crippen LogP contribution < -0.4 is 10.2 Å². The van der Waals surface area contributed by atoms with Gasteiger partial charge < -0.3 is 10.2 Å². The zero-order valence-electron chi connectivity index (χ0n) is 13.1. The maximum absolute atomic E-state index is 4.82. The van der Waals surface area contributed by atoms with Crippen molar-refractivity contribution in [2.45, 2.75) is 32.6 Å². The number of hydrogen-bond acceptors (Lipinski definition) is 4. The van der Waals surface area contributed by atoms with E-state index in [1.165, 1.54) is 18.4 Å². The number of anilines is 3. The van der Waals surface area contributed by atoms with E-state index in [0.717, 1.165) is 28.7 Å². The minimum absolute atomic E-state index is 0.544. The summed E-state index contributed by atoms with van der Waals surface area (Å²) in [5.41, 5.74) is 3.49. The molecule has 1 aromatic heterocycles. The molecule has 0 spiro atoms. The van der Waals surface area contributed by atoms with Crippen LogP contribution >= 0.6 is 0 Å². The SMILES string of the molecule is CNc1nc(C2CC2)nc(N(C)c2cccc(C)c2)c1C. The quantitative estimate of drug-likeness (QED) is 0.926. The molecule has 0 amide bonds. The summed E-state index contributed by atoms with van der Waals surface area (Å²) in [6, 6.07) is 8.49. The summed E-state index contributed by atoms with van der Waals surface area (Å²) in [5, 5.41) is 3.20. The van der Waals surface area contributed by atoms with E-state index in [1.807, 2.05) is 7.05 Å². The molecule has 1 fully saturated rings. The Morgan fingerprint density at radius 1 is 1.19 bits per heavy atom. The summed E-state index contributed by atoms with van der Waals surface area (Å²) in [4.78, 5) is 11.6. The fourth-order valence-electron chi connectivity index (χ4n) is 2.57. The smallest absolute Gasteiger partial charge is 0.141 e. The van der Waals surface area contributed by atoms with E-state index >= 15 is 0 Å². The Morgan fingerprint density at radius 2 is 1.95 bits per heavy atom. The number of aryl methyl sites for hydroxylation is 1. The Bertz CT molecular complexity index is 662. The summed E-state index contributed by atoms with van der Waals surface area (Å²) >= 11 is 0. The fourth-order valence-corrected chi connectivity index (χ4v) is 2.57. The first-order valence-electron chi connectivity index (χ1n) is 7.47. The van der Waals surface area contributed by atoms with Crippen molar-refractivity contribution in [1.29, 1.82) is 0 Å². The number of hydrogen-bond donors (Lipinski definition) is 1. The van der Waals surface area contributed by atoms with Gasteiger partial charge in [0.25, 0.3) is 0 Å². The number of rotatable bonds is 4. The molecule has 1 aromatic carbocycles. The third kappa shape index (κ3) is 2.71. The second-order valence-corrected chi connectivity index (χ2v) is 5.80. The van der Waals surface area contributed by atoms with E-state index in [0.29, 0.717) is 5.92 Å². The maximum Gasteiger partial charge on any atom is 0.141 e. The minimum Gasteiger partial charge on any atom is -0.373 e. The molecule has 0 atom stereocenters. The molecular weight excluding hydrogens is 260 g/mol. The molecule has 0 unspecified atom stereocenters. The average molecular weight is 282 g/mol. The molecule has 0 bridgehead atoms. The lowest BCUT2D eigenvalue weighted by atomic mass is 10.2. The molecular formula is C17H22N4. The summed E-state index contributed by atoms with van der Waals surface area (Å²) in [6.07, 6.45) is 2.42. The molecule has 3 rings (SSSR count). The average Bonchev–Trinajstić information content (AvgIpc) is 3.31. The molecule has 1 aliphatic rings. The lowest BCUT2D eigenvalue weighted by Gasteiger charge is -2.22. The van der Waals surface area contributed by atoms with E-state index in [1.54, 1.807) is 0 Å². The van der Waals surface area contributed by atoms with Crippen LogP contribution in [-0.2, 0) is 0 Å². The highest BCUT2D eigenvalue weighted by Gasteiger charge is 2.28. The number of nitrogens with zero attached hydrogens (tertiary/aromatic N) is 3. The van der Waals surface area contributed by atoms with Crippen molar-refractivity contribution in [3.63, 3.8) is 0 Å². The van der Waals surface area contributed by atoms with Gasteiger partial charge in [0.2, 0.25) is 0 Å². The second-order valence-electron chi connectivity index (χ2n) is 5.80. The summed E-state index contributed by atoms with van der Waals surface area (Å²) in [6.45, 7) is 4.18. The highest BCUT2D eigenvalue weighted by Crippen LogP contribution is 2.40. The van der Waals surface area contributed by atoms with Crippen LogP contribution in [0.5, 0.6) is 0 Å². The van der Waals surface area contributed by atoms with Crippen LogP contribution in [-0.4, -0.2) is 24.1 Å². The van der Waals surface area contributed by atoms with Crippen LogP contribution in [0.15, 0.2) is 24.3 Å². The van der Waals surface area contributed by atoms with Crippen LogP contribution in [0.4, 0.5) is 17.3 Å². The van der Waals surface area contributed by atoms with Crippen LogP contribution in [0.3, 0.4) is 0 Å². The molecule has 4 nitrogen and oxygen atoms in total. The standard InChI is InChI=1S/C17H22N4/c1-11-6-5-7-14(10-11)21(4)17-12(2)15(18-3)19-16(20-17)13-8-9-13/h5-7,10,13H,8-9H2,1-4H3,(H,18,19,20). The monoisotopic (exact) mass is 282 g/mol. The minimum atomic E-state index is 0.544. The highest BCUT2D eigenvalue weighted by molar-refractivity contribution is 5.67. The van der Waals surface area contributed by atoms with Crippen molar-refractivity contribution in [3.8, 4) is 0 Å². The van der Waals surface area contributed by atoms with Crippen molar-refractivity contribution in [2.24, 2.45) is 0 Å². The predicted molar refractivity (Wildman–Crippen MR) is 87.5 cm³/mol. The molecule has 2 aromatic rings. The Kier molecular flexibility index (Phi) is 3.53. The van der Waals surface area contributed by atoms with E-state index in [4.69, 9.17) is 4.98 Å². The van der Waals surface area contributed by atoms with Gasteiger partial charge >= 0.3 is 0 Å². The summed E-state index contributed by atoms with van der Waals surface area (Å²) in [5.74, 6) is 3.44. The second kappa shape index (κ2) is 5.35. The Hall–Kier alpha value is -2.10. The molecule has 21 heavy (non-hydrogen) atoms. The van der Waals surface area contributed by atoms with Gasteiger partial charge in [-0.2, -0.15) is 0 Å². The Balaban J connectivity index is 2.05. The highest BCUT2D eigenvalue weighted by atomic mass is 15.2. The lowest BCUT2D eigenvalue weighted by molar-refractivity contribution is 0.906. The first kappa shape index (κ1) is 13.9. The zero-order chi connectivity index (χ0) is 15.0. The first-order chi connectivity index (χ1) is 10.1. The van der Waals surface area contributed by atoms with Crippen LogP contribution in [0.1, 0.15) is 35.7 Å². The largest absolute Gasteiger partial charge is 0.373 e. The van der Waals surface area contributed by atoms with Crippen molar-refractivity contribution < 1.29 is 0 Å². The Labute approximate surface area is 126 Å². The van der Waals surface area contributed by atoms with Crippen molar-refractivity contribution in [3.05, 3.63) is 41.2 Å². The van der Waals surface area contributed by atoms with Gasteiger partial charge in [-0.1, -0.05) is 12.1 Å². The van der Waals surface area contributed by atoms with Crippen LogP contribution in [0.25, 0.3) is 0 Å². The summed E-state index contributed by atoms with van der Waals surface area (Å²) < 4.78 is 0. The molecule has 1 N–H and O–H groups in total. The first-order valence-corrected chi connectivity index (χ1v) is 7.47. The molecule has 0 saturated heterocycles. The molecule has 0 aliphatic heterocycles. The van der Waals surface area contributed by atoms with E-state index < -0.39 is 0 Å². The van der Waals surface area contributed by atoms with Gasteiger partial charge in [-0.25, -0.2) is 9.97 Å². The van der Waals surface area contributed by atoms with Gasteiger partial charge in [0.05, 0.1) is 0 Å². The van der Waals surface area contributed by atoms with Crippen molar-refractivity contribution >= 4 is 17.3 Å². The van der Waals surface area contributed by atoms with Crippen molar-refractivity contribution in [2.75, 3.05) is 24.3 Å². The number of nitrogens with one attached hydrogen (secondary N) is 1. The van der Waals surface area contributed by atoms with Gasteiger partial charge in [-0.15, -0.1) is 0 Å². The fraction of sp³-hybridized carbons (Fsp3) is 0.412. The third-order valence-corrected chi connectivity index (χ3v) is 4.02. The van der Waals surface area contributed by atoms with E-state index in [9.17, 15) is 0 Å². The van der Waals surface area contributed by atoms with Crippen LogP contribution in [0.2, 0.25) is 0 Å². The Morgan fingerprint density at radius 3 is 2.57 bits per heavy atom. The van der Waals surface area contributed by atoms with Gasteiger partial charge in [-0.05, 0) is 44.4 Å².